The molecule has 0 aliphatic carbocycles. The number of rotatable bonds is 5. The third-order valence-electron chi connectivity index (χ3n) is 4.61. The van der Waals surface area contributed by atoms with Gasteiger partial charge < -0.3 is 18.7 Å². The Kier molecular flexibility index (Phi) is 6.07. The molecule has 0 aromatic rings. The summed E-state index contributed by atoms with van der Waals surface area (Å²) in [6, 6.07) is 0.200. The molecule has 0 spiro atoms. The van der Waals surface area contributed by atoms with Gasteiger partial charge in [0, 0.05) is 32.8 Å². The summed E-state index contributed by atoms with van der Waals surface area (Å²) in [6.07, 6.45) is 5.78. The third kappa shape index (κ3) is 3.79. The Labute approximate surface area is 129 Å². The van der Waals surface area contributed by atoms with Crippen LogP contribution in [0.5, 0.6) is 0 Å². The van der Waals surface area contributed by atoms with Crippen LogP contribution >= 0.6 is 0 Å². The van der Waals surface area contributed by atoms with Gasteiger partial charge in [0.05, 0.1) is 5.67 Å². The van der Waals surface area contributed by atoms with Crippen LogP contribution in [-0.4, -0.2) is 62.9 Å². The molecule has 2 saturated heterocycles. The lowest BCUT2D eigenvalue weighted by atomic mass is 10.2. The molecular weight excluding hydrogens is 284 g/mol. The molecule has 2 aliphatic rings. The molecule has 1 unspecified atom stereocenters. The Morgan fingerprint density at radius 2 is 1.62 bits per heavy atom. The van der Waals surface area contributed by atoms with Crippen LogP contribution in [0.25, 0.3) is 0 Å². The maximum Gasteiger partial charge on any atom is 0.358 e. The summed E-state index contributed by atoms with van der Waals surface area (Å²) in [5.41, 5.74) is 0.174. The van der Waals surface area contributed by atoms with E-state index < -0.39 is 8.56 Å². The maximum atomic E-state index is 12.8. The molecule has 1 atom stereocenters. The van der Waals surface area contributed by atoms with Gasteiger partial charge >= 0.3 is 14.6 Å². The van der Waals surface area contributed by atoms with E-state index in [1.807, 2.05) is 23.6 Å². The van der Waals surface area contributed by atoms with Crippen LogP contribution in [0.2, 0.25) is 6.55 Å². The molecule has 21 heavy (non-hydrogen) atoms. The van der Waals surface area contributed by atoms with E-state index >= 15 is 0 Å². The Hall–Kier alpha value is -0.593. The largest absolute Gasteiger partial charge is 0.393 e. The molecule has 0 bridgehead atoms. The smallest absolute Gasteiger partial charge is 0.358 e. The molecule has 0 saturated carbocycles. The van der Waals surface area contributed by atoms with Crippen LogP contribution in [0.15, 0.2) is 0 Å². The normalized spacial score (nSPS) is 23.7. The fraction of sp³-hybridized carbons (Fsp3) is 0.933. The van der Waals surface area contributed by atoms with E-state index in [9.17, 15) is 4.79 Å². The van der Waals surface area contributed by atoms with Gasteiger partial charge in [-0.1, -0.05) is 12.8 Å². The molecule has 0 radical (unpaired) electrons. The minimum atomic E-state index is -2.29. The number of likely N-dealkylation sites (tertiary alicyclic amines) is 2. The van der Waals surface area contributed by atoms with E-state index in [4.69, 9.17) is 8.85 Å². The molecule has 2 amide bonds. The molecule has 2 aliphatic heterocycles. The Morgan fingerprint density at radius 1 is 1.05 bits per heavy atom. The summed E-state index contributed by atoms with van der Waals surface area (Å²) >= 11 is 0. The first-order chi connectivity index (χ1) is 10.1. The molecule has 0 aromatic heterocycles. The van der Waals surface area contributed by atoms with Gasteiger partial charge in [0.1, 0.15) is 0 Å². The van der Waals surface area contributed by atoms with Gasteiger partial charge in [0.15, 0.2) is 0 Å². The van der Waals surface area contributed by atoms with Crippen molar-refractivity contribution < 1.29 is 13.6 Å². The lowest BCUT2D eigenvalue weighted by molar-refractivity contribution is 0.0748. The first-order valence-corrected chi connectivity index (χ1v) is 10.8. The molecule has 5 nitrogen and oxygen atoms in total. The number of hydrogen-bond donors (Lipinski definition) is 0. The molecule has 0 N–H and O–H groups in total. The first-order valence-electron chi connectivity index (χ1n) is 8.45. The summed E-state index contributed by atoms with van der Waals surface area (Å²) in [6.45, 7) is 10.1. The number of urea groups is 1. The lowest BCUT2D eigenvalue weighted by Crippen LogP contribution is -2.68. The highest BCUT2D eigenvalue weighted by molar-refractivity contribution is 6.68. The number of carbonyl (C=O) groups excluding carboxylic acids is 1. The standard InChI is InChI=1S/C15H30N2O3Si/c1-4-19-21(3,20-5-2)14-10-13-17(14)15(18)16-11-8-6-7-9-12-16/h14H,4-13H2,1-3H3. The van der Waals surface area contributed by atoms with Crippen molar-refractivity contribution in [2.45, 2.75) is 58.2 Å². The highest BCUT2D eigenvalue weighted by atomic mass is 28.4. The van der Waals surface area contributed by atoms with E-state index in [-0.39, 0.29) is 11.7 Å². The fourth-order valence-electron chi connectivity index (χ4n) is 3.41. The van der Waals surface area contributed by atoms with E-state index in [0.717, 1.165) is 38.9 Å². The molecule has 0 aromatic carbocycles. The Bertz CT molecular complexity index is 340. The predicted octanol–water partition coefficient (Wildman–Crippen LogP) is 2.74. The molecule has 122 valence electrons. The SMILES string of the molecule is CCO[Si](C)(OCC)C1CCN1C(=O)N1CCCCCC1. The maximum absolute atomic E-state index is 12.8. The van der Waals surface area contributed by atoms with Gasteiger partial charge in [-0.2, -0.15) is 0 Å². The van der Waals surface area contributed by atoms with Crippen LogP contribution in [-0.2, 0) is 8.85 Å². The van der Waals surface area contributed by atoms with Crippen LogP contribution in [0.1, 0.15) is 46.0 Å². The monoisotopic (exact) mass is 314 g/mol. The molecule has 6 heteroatoms. The molecule has 2 heterocycles. The third-order valence-corrected chi connectivity index (χ3v) is 8.14. The minimum Gasteiger partial charge on any atom is -0.393 e. The second-order valence-electron chi connectivity index (χ2n) is 6.06. The van der Waals surface area contributed by atoms with E-state index in [0.29, 0.717) is 13.2 Å². The van der Waals surface area contributed by atoms with E-state index in [1.54, 1.807) is 0 Å². The van der Waals surface area contributed by atoms with Crippen molar-refractivity contribution in [2.24, 2.45) is 0 Å². The topological polar surface area (TPSA) is 42.0 Å². The van der Waals surface area contributed by atoms with Crippen LogP contribution in [0.3, 0.4) is 0 Å². The molecule has 2 fully saturated rings. The van der Waals surface area contributed by atoms with E-state index in [2.05, 4.69) is 6.55 Å². The summed E-state index contributed by atoms with van der Waals surface area (Å²) in [4.78, 5) is 16.8. The summed E-state index contributed by atoms with van der Waals surface area (Å²) in [7, 11) is -2.29. The van der Waals surface area contributed by atoms with E-state index in [1.165, 1.54) is 12.8 Å². The van der Waals surface area contributed by atoms with Crippen molar-refractivity contribution in [3.8, 4) is 0 Å². The van der Waals surface area contributed by atoms with Gasteiger partial charge in [-0.25, -0.2) is 4.79 Å². The van der Waals surface area contributed by atoms with Crippen molar-refractivity contribution in [2.75, 3.05) is 32.8 Å². The zero-order valence-electron chi connectivity index (χ0n) is 13.8. The zero-order valence-corrected chi connectivity index (χ0v) is 14.8. The average Bonchev–Trinajstić information content (AvgIpc) is 2.66. The van der Waals surface area contributed by atoms with Gasteiger partial charge in [0.2, 0.25) is 0 Å². The highest BCUT2D eigenvalue weighted by Gasteiger charge is 2.51. The second-order valence-corrected chi connectivity index (χ2v) is 9.34. The van der Waals surface area contributed by atoms with Gasteiger partial charge in [-0.05, 0) is 39.7 Å². The van der Waals surface area contributed by atoms with Crippen molar-refractivity contribution >= 4 is 14.6 Å². The van der Waals surface area contributed by atoms with Crippen molar-refractivity contribution in [3.63, 3.8) is 0 Å². The average molecular weight is 315 g/mol. The van der Waals surface area contributed by atoms with Crippen molar-refractivity contribution in [3.05, 3.63) is 0 Å². The van der Waals surface area contributed by atoms with Crippen molar-refractivity contribution in [1.82, 2.24) is 9.80 Å². The lowest BCUT2D eigenvalue weighted by Gasteiger charge is -2.49. The van der Waals surface area contributed by atoms with Gasteiger partial charge in [0.25, 0.3) is 0 Å². The van der Waals surface area contributed by atoms with Crippen LogP contribution in [0, 0.1) is 0 Å². The second kappa shape index (κ2) is 7.60. The number of carbonyl (C=O) groups is 1. The Balaban J connectivity index is 2.00. The number of amides is 2. The van der Waals surface area contributed by atoms with Gasteiger partial charge in [-0.15, -0.1) is 0 Å². The predicted molar refractivity (Wildman–Crippen MR) is 85.4 cm³/mol. The quantitative estimate of drug-likeness (QED) is 0.733. The fourth-order valence-corrected chi connectivity index (χ4v) is 6.49. The van der Waals surface area contributed by atoms with Crippen LogP contribution in [0.4, 0.5) is 4.79 Å². The summed E-state index contributed by atoms with van der Waals surface area (Å²) in [5.74, 6) is 0. The number of hydrogen-bond acceptors (Lipinski definition) is 3. The highest BCUT2D eigenvalue weighted by Crippen LogP contribution is 2.30. The molecule has 2 rings (SSSR count). The molecular formula is C15H30N2O3Si. The minimum absolute atomic E-state index is 0.174. The number of nitrogens with zero attached hydrogens (tertiary/aromatic N) is 2. The Morgan fingerprint density at radius 3 is 2.05 bits per heavy atom. The summed E-state index contributed by atoms with van der Waals surface area (Å²) < 4.78 is 11.9. The zero-order chi connectivity index (χ0) is 15.3. The first kappa shape index (κ1) is 16.8. The summed E-state index contributed by atoms with van der Waals surface area (Å²) in [5, 5.41) is 0. The van der Waals surface area contributed by atoms with Crippen molar-refractivity contribution in [1.29, 1.82) is 0 Å². The van der Waals surface area contributed by atoms with Gasteiger partial charge in [-0.3, -0.25) is 0 Å². The van der Waals surface area contributed by atoms with Crippen LogP contribution < -0.4 is 0 Å².